The number of halogens is 1. The maximum atomic E-state index is 13.0. The minimum absolute atomic E-state index is 0.240. The highest BCUT2D eigenvalue weighted by molar-refractivity contribution is 5.97. The van der Waals surface area contributed by atoms with Crippen LogP contribution in [0.4, 0.5) is 10.1 Å². The van der Waals surface area contributed by atoms with Gasteiger partial charge in [0.05, 0.1) is 12.8 Å². The second-order valence-electron chi connectivity index (χ2n) is 5.46. The number of methoxy groups -OCH3 is 1. The largest absolute Gasteiger partial charge is 0.497 e. The fourth-order valence-corrected chi connectivity index (χ4v) is 2.55. The van der Waals surface area contributed by atoms with Gasteiger partial charge in [0.25, 0.3) is 0 Å². The average molecular weight is 336 g/mol. The number of rotatable bonds is 5. The van der Waals surface area contributed by atoms with E-state index in [1.165, 1.54) is 24.3 Å². The molecule has 4 nitrogen and oxygen atoms in total. The molecule has 1 amide bonds. The van der Waals surface area contributed by atoms with Gasteiger partial charge in [-0.2, -0.15) is 0 Å². The zero-order chi connectivity index (χ0) is 17.6. The fraction of sp³-hybridized carbons (Fsp3) is 0.100. The van der Waals surface area contributed by atoms with Gasteiger partial charge in [0.1, 0.15) is 17.5 Å². The molecule has 2 aromatic carbocycles. The van der Waals surface area contributed by atoms with Crippen LogP contribution in [0.1, 0.15) is 17.2 Å². The van der Waals surface area contributed by atoms with Gasteiger partial charge in [0, 0.05) is 11.9 Å². The predicted octanol–water partition coefficient (Wildman–Crippen LogP) is 4.00. The van der Waals surface area contributed by atoms with Gasteiger partial charge in [-0.1, -0.05) is 18.2 Å². The number of aromatic nitrogens is 1. The van der Waals surface area contributed by atoms with Gasteiger partial charge in [-0.25, -0.2) is 4.39 Å². The van der Waals surface area contributed by atoms with Crippen molar-refractivity contribution in [1.29, 1.82) is 0 Å². The van der Waals surface area contributed by atoms with E-state index in [9.17, 15) is 9.18 Å². The summed E-state index contributed by atoms with van der Waals surface area (Å²) in [5, 5.41) is 2.82. The molecule has 25 heavy (non-hydrogen) atoms. The molecule has 1 aromatic heterocycles. The van der Waals surface area contributed by atoms with Crippen LogP contribution in [-0.4, -0.2) is 18.0 Å². The van der Waals surface area contributed by atoms with E-state index in [2.05, 4.69) is 10.3 Å². The van der Waals surface area contributed by atoms with E-state index in [0.717, 1.165) is 5.56 Å². The number of anilines is 1. The number of carbonyl (C=O) groups is 1. The molecule has 0 aliphatic heterocycles. The molecule has 0 aliphatic rings. The van der Waals surface area contributed by atoms with Crippen LogP contribution in [-0.2, 0) is 4.79 Å². The van der Waals surface area contributed by atoms with Crippen molar-refractivity contribution in [2.24, 2.45) is 0 Å². The van der Waals surface area contributed by atoms with E-state index >= 15 is 0 Å². The standard InChI is InChI=1S/C20H17FN2O2/c1-25-17-11-5-14(6-12-17)19(18-4-2-3-13-22-18)20(24)23-16-9-7-15(21)8-10-16/h2-13,19H,1H3,(H,23,24). The molecule has 0 saturated carbocycles. The number of nitrogens with one attached hydrogen (secondary N) is 1. The Morgan fingerprint density at radius 2 is 1.76 bits per heavy atom. The first-order chi connectivity index (χ1) is 12.2. The second kappa shape index (κ2) is 7.57. The highest BCUT2D eigenvalue weighted by Crippen LogP contribution is 2.26. The number of hydrogen-bond donors (Lipinski definition) is 1. The second-order valence-corrected chi connectivity index (χ2v) is 5.46. The van der Waals surface area contributed by atoms with Crippen LogP contribution in [0.2, 0.25) is 0 Å². The number of nitrogens with zero attached hydrogens (tertiary/aromatic N) is 1. The van der Waals surface area contributed by atoms with Crippen LogP contribution in [0.15, 0.2) is 72.9 Å². The molecule has 0 radical (unpaired) electrons. The molecule has 1 atom stereocenters. The summed E-state index contributed by atoms with van der Waals surface area (Å²) in [7, 11) is 1.59. The lowest BCUT2D eigenvalue weighted by atomic mass is 9.94. The fourth-order valence-electron chi connectivity index (χ4n) is 2.55. The Morgan fingerprint density at radius 3 is 2.36 bits per heavy atom. The number of hydrogen-bond acceptors (Lipinski definition) is 3. The van der Waals surface area contributed by atoms with Gasteiger partial charge in [-0.05, 0) is 54.1 Å². The van der Waals surface area contributed by atoms with Crippen molar-refractivity contribution >= 4 is 11.6 Å². The SMILES string of the molecule is COc1ccc(C(C(=O)Nc2ccc(F)cc2)c2ccccn2)cc1. The molecule has 1 unspecified atom stereocenters. The lowest BCUT2D eigenvalue weighted by Crippen LogP contribution is -2.23. The summed E-state index contributed by atoms with van der Waals surface area (Å²) < 4.78 is 18.2. The summed E-state index contributed by atoms with van der Waals surface area (Å²) >= 11 is 0. The Balaban J connectivity index is 1.92. The Morgan fingerprint density at radius 1 is 1.04 bits per heavy atom. The number of carbonyl (C=O) groups excluding carboxylic acids is 1. The van der Waals surface area contributed by atoms with Crippen molar-refractivity contribution in [3.63, 3.8) is 0 Å². The van der Waals surface area contributed by atoms with Gasteiger partial charge in [0.2, 0.25) is 5.91 Å². The van der Waals surface area contributed by atoms with E-state index in [-0.39, 0.29) is 11.7 Å². The molecule has 0 spiro atoms. The van der Waals surface area contributed by atoms with E-state index in [1.54, 1.807) is 37.6 Å². The van der Waals surface area contributed by atoms with Crippen LogP contribution >= 0.6 is 0 Å². The third-order valence-corrected chi connectivity index (χ3v) is 3.81. The number of pyridine rings is 1. The molecule has 3 aromatic rings. The zero-order valence-electron chi connectivity index (χ0n) is 13.6. The van der Waals surface area contributed by atoms with Crippen LogP contribution in [0, 0.1) is 5.82 Å². The Kier molecular flexibility index (Phi) is 5.04. The van der Waals surface area contributed by atoms with Crippen molar-refractivity contribution in [1.82, 2.24) is 4.98 Å². The summed E-state index contributed by atoms with van der Waals surface area (Å²) in [6.45, 7) is 0. The number of benzene rings is 2. The molecule has 0 saturated heterocycles. The Hall–Kier alpha value is -3.21. The van der Waals surface area contributed by atoms with Gasteiger partial charge in [-0.15, -0.1) is 0 Å². The maximum absolute atomic E-state index is 13.0. The van der Waals surface area contributed by atoms with E-state index in [0.29, 0.717) is 17.1 Å². The van der Waals surface area contributed by atoms with Crippen molar-refractivity contribution in [2.45, 2.75) is 5.92 Å². The van der Waals surface area contributed by atoms with Crippen molar-refractivity contribution in [3.05, 3.63) is 90.0 Å². The number of ether oxygens (including phenoxy) is 1. The first-order valence-corrected chi connectivity index (χ1v) is 7.78. The quantitative estimate of drug-likeness (QED) is 0.766. The van der Waals surface area contributed by atoms with Gasteiger partial charge >= 0.3 is 0 Å². The molecular formula is C20H17FN2O2. The summed E-state index contributed by atoms with van der Waals surface area (Å²) in [5.41, 5.74) is 1.95. The molecule has 3 rings (SSSR count). The minimum atomic E-state index is -0.586. The zero-order valence-corrected chi connectivity index (χ0v) is 13.6. The van der Waals surface area contributed by atoms with E-state index < -0.39 is 5.92 Å². The summed E-state index contributed by atoms with van der Waals surface area (Å²) in [6, 6.07) is 18.4. The first-order valence-electron chi connectivity index (χ1n) is 7.78. The van der Waals surface area contributed by atoms with Crippen LogP contribution in [0.3, 0.4) is 0 Å². The molecule has 1 heterocycles. The van der Waals surface area contributed by atoms with Gasteiger partial charge in [-0.3, -0.25) is 9.78 Å². The van der Waals surface area contributed by atoms with Gasteiger partial charge in [0.15, 0.2) is 0 Å². The molecule has 1 N–H and O–H groups in total. The highest BCUT2D eigenvalue weighted by Gasteiger charge is 2.24. The monoisotopic (exact) mass is 336 g/mol. The van der Waals surface area contributed by atoms with E-state index in [1.807, 2.05) is 18.2 Å². The average Bonchev–Trinajstić information content (AvgIpc) is 2.65. The van der Waals surface area contributed by atoms with Crippen LogP contribution in [0.5, 0.6) is 5.75 Å². The molecule has 126 valence electrons. The molecule has 0 aliphatic carbocycles. The first kappa shape index (κ1) is 16.6. The van der Waals surface area contributed by atoms with Crippen molar-refractivity contribution in [3.8, 4) is 5.75 Å². The summed E-state index contributed by atoms with van der Waals surface area (Å²) in [5.74, 6) is -0.468. The smallest absolute Gasteiger partial charge is 0.237 e. The lowest BCUT2D eigenvalue weighted by Gasteiger charge is -2.17. The Labute approximate surface area is 145 Å². The Bertz CT molecular complexity index is 834. The lowest BCUT2D eigenvalue weighted by molar-refractivity contribution is -0.116. The summed E-state index contributed by atoms with van der Waals surface area (Å²) in [6.07, 6.45) is 1.65. The van der Waals surface area contributed by atoms with Crippen molar-refractivity contribution < 1.29 is 13.9 Å². The minimum Gasteiger partial charge on any atom is -0.497 e. The van der Waals surface area contributed by atoms with Crippen molar-refractivity contribution in [2.75, 3.05) is 12.4 Å². The predicted molar refractivity (Wildman–Crippen MR) is 94.1 cm³/mol. The maximum Gasteiger partial charge on any atom is 0.237 e. The normalized spacial score (nSPS) is 11.6. The molecular weight excluding hydrogens is 319 g/mol. The third-order valence-electron chi connectivity index (χ3n) is 3.81. The third kappa shape index (κ3) is 4.01. The molecule has 0 bridgehead atoms. The summed E-state index contributed by atoms with van der Waals surface area (Å²) in [4.78, 5) is 17.2. The number of amides is 1. The topological polar surface area (TPSA) is 51.2 Å². The van der Waals surface area contributed by atoms with E-state index in [4.69, 9.17) is 4.74 Å². The van der Waals surface area contributed by atoms with Crippen LogP contribution < -0.4 is 10.1 Å². The van der Waals surface area contributed by atoms with Crippen LogP contribution in [0.25, 0.3) is 0 Å². The molecule has 0 fully saturated rings. The highest BCUT2D eigenvalue weighted by atomic mass is 19.1. The molecule has 5 heteroatoms. The van der Waals surface area contributed by atoms with Gasteiger partial charge < -0.3 is 10.1 Å².